The Bertz CT molecular complexity index is 388. The number of carbonyl (C=O) groups excluding carboxylic acids is 1. The summed E-state index contributed by atoms with van der Waals surface area (Å²) in [5, 5.41) is 3.23. The van der Waals surface area contributed by atoms with Gasteiger partial charge in [-0.2, -0.15) is 0 Å². The van der Waals surface area contributed by atoms with Gasteiger partial charge in [0.2, 0.25) is 0 Å². The van der Waals surface area contributed by atoms with Gasteiger partial charge in [0.25, 0.3) is 5.91 Å². The SMILES string of the molecule is NC(=O)c1cc(NC2CCC2)ccc1F. The van der Waals surface area contributed by atoms with Crippen molar-refractivity contribution in [3.8, 4) is 0 Å². The van der Waals surface area contributed by atoms with Crippen LogP contribution in [0.2, 0.25) is 0 Å². The van der Waals surface area contributed by atoms with E-state index in [-0.39, 0.29) is 5.56 Å². The second-order valence-corrected chi connectivity index (χ2v) is 3.83. The first-order chi connectivity index (χ1) is 7.16. The molecule has 4 heteroatoms. The van der Waals surface area contributed by atoms with Crippen LogP contribution in [0, 0.1) is 5.82 Å². The van der Waals surface area contributed by atoms with Crippen molar-refractivity contribution in [3.05, 3.63) is 29.6 Å². The quantitative estimate of drug-likeness (QED) is 0.797. The van der Waals surface area contributed by atoms with E-state index < -0.39 is 11.7 Å². The Labute approximate surface area is 87.5 Å². The molecule has 1 aliphatic carbocycles. The molecule has 1 fully saturated rings. The molecule has 3 nitrogen and oxygen atoms in total. The summed E-state index contributed by atoms with van der Waals surface area (Å²) in [6, 6.07) is 4.81. The average Bonchev–Trinajstić information content (AvgIpc) is 2.13. The largest absolute Gasteiger partial charge is 0.382 e. The Morgan fingerprint density at radius 3 is 2.73 bits per heavy atom. The number of benzene rings is 1. The van der Waals surface area contributed by atoms with E-state index in [2.05, 4.69) is 5.32 Å². The number of primary amides is 1. The fourth-order valence-corrected chi connectivity index (χ4v) is 1.59. The number of nitrogens with one attached hydrogen (secondary N) is 1. The lowest BCUT2D eigenvalue weighted by Gasteiger charge is -2.27. The van der Waals surface area contributed by atoms with Crippen molar-refractivity contribution < 1.29 is 9.18 Å². The van der Waals surface area contributed by atoms with Gasteiger partial charge in [-0.05, 0) is 37.5 Å². The molecule has 3 N–H and O–H groups in total. The topological polar surface area (TPSA) is 55.1 Å². The molecule has 1 saturated carbocycles. The highest BCUT2D eigenvalue weighted by Crippen LogP contribution is 2.24. The van der Waals surface area contributed by atoms with Crippen molar-refractivity contribution >= 4 is 11.6 Å². The van der Waals surface area contributed by atoms with Gasteiger partial charge in [0.05, 0.1) is 5.56 Å². The van der Waals surface area contributed by atoms with Crippen molar-refractivity contribution in [2.24, 2.45) is 5.73 Å². The predicted molar refractivity (Wildman–Crippen MR) is 56.2 cm³/mol. The molecule has 1 aromatic carbocycles. The van der Waals surface area contributed by atoms with Crippen LogP contribution in [0.25, 0.3) is 0 Å². The van der Waals surface area contributed by atoms with Crippen LogP contribution < -0.4 is 11.1 Å². The number of nitrogens with two attached hydrogens (primary N) is 1. The Balaban J connectivity index is 2.17. The van der Waals surface area contributed by atoms with Crippen LogP contribution in [0.1, 0.15) is 29.6 Å². The fourth-order valence-electron chi connectivity index (χ4n) is 1.59. The standard InChI is InChI=1S/C11H13FN2O/c12-10-5-4-8(6-9(10)11(13)15)14-7-2-1-3-7/h4-7,14H,1-3H2,(H2,13,15). The zero-order valence-corrected chi connectivity index (χ0v) is 8.29. The Kier molecular flexibility index (Phi) is 2.58. The molecule has 0 aromatic heterocycles. The molecule has 0 heterocycles. The van der Waals surface area contributed by atoms with Crippen LogP contribution >= 0.6 is 0 Å². The van der Waals surface area contributed by atoms with E-state index in [9.17, 15) is 9.18 Å². The van der Waals surface area contributed by atoms with Crippen LogP contribution in [0.4, 0.5) is 10.1 Å². The molecular formula is C11H13FN2O. The molecule has 0 bridgehead atoms. The molecule has 0 unspecified atom stereocenters. The summed E-state index contributed by atoms with van der Waals surface area (Å²) in [6.07, 6.45) is 3.48. The minimum absolute atomic E-state index is 0.0562. The van der Waals surface area contributed by atoms with Gasteiger partial charge in [0.1, 0.15) is 5.82 Å². The molecule has 0 radical (unpaired) electrons. The molecule has 0 saturated heterocycles. The molecule has 1 aliphatic rings. The van der Waals surface area contributed by atoms with Crippen LogP contribution in [0.3, 0.4) is 0 Å². The number of rotatable bonds is 3. The fraction of sp³-hybridized carbons (Fsp3) is 0.364. The van der Waals surface area contributed by atoms with E-state index in [1.165, 1.54) is 18.6 Å². The highest BCUT2D eigenvalue weighted by Gasteiger charge is 2.17. The van der Waals surface area contributed by atoms with Gasteiger partial charge in [0.15, 0.2) is 0 Å². The van der Waals surface area contributed by atoms with E-state index in [1.807, 2.05) is 0 Å². The van der Waals surface area contributed by atoms with Gasteiger partial charge in [-0.25, -0.2) is 4.39 Å². The maximum atomic E-state index is 13.1. The molecule has 0 atom stereocenters. The van der Waals surface area contributed by atoms with Gasteiger partial charge < -0.3 is 11.1 Å². The summed E-state index contributed by atoms with van der Waals surface area (Å²) in [6.45, 7) is 0. The van der Waals surface area contributed by atoms with Crippen LogP contribution in [0.15, 0.2) is 18.2 Å². The van der Waals surface area contributed by atoms with Crippen molar-refractivity contribution in [1.29, 1.82) is 0 Å². The van der Waals surface area contributed by atoms with Gasteiger partial charge in [-0.1, -0.05) is 0 Å². The molecule has 0 spiro atoms. The molecule has 1 aromatic rings. The number of anilines is 1. The van der Waals surface area contributed by atoms with E-state index in [4.69, 9.17) is 5.73 Å². The zero-order valence-electron chi connectivity index (χ0n) is 8.29. The third-order valence-electron chi connectivity index (χ3n) is 2.71. The van der Waals surface area contributed by atoms with Crippen LogP contribution in [-0.2, 0) is 0 Å². The lowest BCUT2D eigenvalue weighted by molar-refractivity contribution is 0.0996. The first kappa shape index (κ1) is 9.96. The maximum absolute atomic E-state index is 13.1. The van der Waals surface area contributed by atoms with E-state index >= 15 is 0 Å². The molecule has 80 valence electrons. The summed E-state index contributed by atoms with van der Waals surface area (Å²) in [7, 11) is 0. The van der Waals surface area contributed by atoms with E-state index in [0.717, 1.165) is 18.5 Å². The summed E-state index contributed by atoms with van der Waals surface area (Å²) in [5.41, 5.74) is 5.76. The minimum atomic E-state index is -0.732. The van der Waals surface area contributed by atoms with E-state index in [1.54, 1.807) is 6.07 Å². The lowest BCUT2D eigenvalue weighted by Crippen LogP contribution is -2.27. The third-order valence-corrected chi connectivity index (χ3v) is 2.71. The van der Waals surface area contributed by atoms with E-state index in [0.29, 0.717) is 6.04 Å². The number of hydrogen-bond acceptors (Lipinski definition) is 2. The lowest BCUT2D eigenvalue weighted by atomic mass is 9.93. The minimum Gasteiger partial charge on any atom is -0.382 e. The smallest absolute Gasteiger partial charge is 0.251 e. The number of halogens is 1. The van der Waals surface area contributed by atoms with Crippen molar-refractivity contribution in [3.63, 3.8) is 0 Å². The molecule has 1 amide bonds. The predicted octanol–water partition coefficient (Wildman–Crippen LogP) is 1.89. The summed E-state index contributed by atoms with van der Waals surface area (Å²) >= 11 is 0. The third kappa shape index (κ3) is 2.09. The molecular weight excluding hydrogens is 195 g/mol. The highest BCUT2D eigenvalue weighted by molar-refractivity contribution is 5.94. The first-order valence-corrected chi connectivity index (χ1v) is 5.02. The van der Waals surface area contributed by atoms with Gasteiger partial charge >= 0.3 is 0 Å². The van der Waals surface area contributed by atoms with Crippen molar-refractivity contribution in [1.82, 2.24) is 0 Å². The average molecular weight is 208 g/mol. The highest BCUT2D eigenvalue weighted by atomic mass is 19.1. The number of amides is 1. The monoisotopic (exact) mass is 208 g/mol. The first-order valence-electron chi connectivity index (χ1n) is 5.02. The number of hydrogen-bond donors (Lipinski definition) is 2. The maximum Gasteiger partial charge on any atom is 0.251 e. The van der Waals surface area contributed by atoms with Crippen molar-refractivity contribution in [2.45, 2.75) is 25.3 Å². The van der Waals surface area contributed by atoms with Gasteiger partial charge in [0, 0.05) is 11.7 Å². The Hall–Kier alpha value is -1.58. The summed E-state index contributed by atoms with van der Waals surface area (Å²) < 4.78 is 13.1. The normalized spacial score (nSPS) is 15.8. The van der Waals surface area contributed by atoms with Gasteiger partial charge in [-0.15, -0.1) is 0 Å². The van der Waals surface area contributed by atoms with Crippen LogP contribution in [-0.4, -0.2) is 11.9 Å². The Morgan fingerprint density at radius 1 is 1.47 bits per heavy atom. The van der Waals surface area contributed by atoms with Gasteiger partial charge in [-0.3, -0.25) is 4.79 Å². The second-order valence-electron chi connectivity index (χ2n) is 3.83. The molecule has 15 heavy (non-hydrogen) atoms. The van der Waals surface area contributed by atoms with Crippen LogP contribution in [0.5, 0.6) is 0 Å². The van der Waals surface area contributed by atoms with Crippen molar-refractivity contribution in [2.75, 3.05) is 5.32 Å². The zero-order chi connectivity index (χ0) is 10.8. The second kappa shape index (κ2) is 3.88. The molecule has 0 aliphatic heterocycles. The Morgan fingerprint density at radius 2 is 2.20 bits per heavy atom. The molecule has 2 rings (SSSR count). The number of carbonyl (C=O) groups is 1. The summed E-state index contributed by atoms with van der Waals surface area (Å²) in [5.74, 6) is -1.30. The summed E-state index contributed by atoms with van der Waals surface area (Å²) in [4.78, 5) is 10.9.